The molecule has 1 amide bonds. The van der Waals surface area contributed by atoms with E-state index in [0.717, 1.165) is 10.5 Å². The average molecular weight is 355 g/mol. The smallest absolute Gasteiger partial charge is 0.399 e. The third-order valence-corrected chi connectivity index (χ3v) is 5.35. The van der Waals surface area contributed by atoms with Gasteiger partial charge in [-0.1, -0.05) is 18.2 Å². The Bertz CT molecular complexity index is 687. The van der Waals surface area contributed by atoms with Crippen molar-refractivity contribution in [2.75, 3.05) is 6.54 Å². The van der Waals surface area contributed by atoms with Gasteiger partial charge in [0, 0.05) is 13.1 Å². The summed E-state index contributed by atoms with van der Waals surface area (Å²) in [5, 5.41) is 0. The van der Waals surface area contributed by atoms with Gasteiger partial charge in [-0.3, -0.25) is 4.79 Å². The highest BCUT2D eigenvalue weighted by Crippen LogP contribution is 2.37. The Kier molecular flexibility index (Phi) is 4.19. The molecule has 3 rings (SSSR count). The minimum atomic E-state index is -4.86. The maximum Gasteiger partial charge on any atom is 0.495 e. The topological polar surface area (TPSA) is 38.8 Å². The quantitative estimate of drug-likeness (QED) is 0.727. The number of alkyl halides is 3. The van der Waals surface area contributed by atoms with Crippen molar-refractivity contribution in [2.45, 2.75) is 58.0 Å². The SMILES string of the molecule is CC1(C)OB(c2cccc3c2CN(C(=O)C(F)(F)F)CC3)OC1(C)C. The van der Waals surface area contributed by atoms with Crippen molar-refractivity contribution >= 4 is 18.5 Å². The summed E-state index contributed by atoms with van der Waals surface area (Å²) in [6.07, 6.45) is -4.48. The molecule has 2 aliphatic heterocycles. The number of amides is 1. The standard InChI is InChI=1S/C17H21BF3NO3/c1-15(2)16(3,4)25-18(24-15)13-7-5-6-11-8-9-22(10-12(11)13)14(23)17(19,20)21/h5-7H,8-10H2,1-4H3. The lowest BCUT2D eigenvalue weighted by Crippen LogP contribution is -2.47. The molecule has 0 N–H and O–H groups in total. The Morgan fingerprint density at radius 1 is 1.16 bits per heavy atom. The number of halogens is 3. The molecule has 136 valence electrons. The Labute approximate surface area is 145 Å². The first-order chi connectivity index (χ1) is 11.4. The molecule has 8 heteroatoms. The number of fused-ring (bicyclic) bond motifs is 1. The van der Waals surface area contributed by atoms with E-state index in [1.807, 2.05) is 39.8 Å². The second-order valence-electron chi connectivity index (χ2n) is 7.55. The maximum atomic E-state index is 12.8. The highest BCUT2D eigenvalue weighted by atomic mass is 19.4. The number of carbonyl (C=O) groups is 1. The van der Waals surface area contributed by atoms with E-state index in [-0.39, 0.29) is 13.1 Å². The van der Waals surface area contributed by atoms with Gasteiger partial charge in [0.15, 0.2) is 0 Å². The van der Waals surface area contributed by atoms with E-state index in [0.29, 0.717) is 17.4 Å². The average Bonchev–Trinajstić information content (AvgIpc) is 2.72. The summed E-state index contributed by atoms with van der Waals surface area (Å²) in [5.74, 6) is -1.80. The molecule has 1 aromatic carbocycles. The Hall–Kier alpha value is -1.54. The molecular formula is C17H21BF3NO3. The van der Waals surface area contributed by atoms with Crippen LogP contribution in [0.4, 0.5) is 13.2 Å². The van der Waals surface area contributed by atoms with Gasteiger partial charge in [-0.2, -0.15) is 13.2 Å². The van der Waals surface area contributed by atoms with Crippen LogP contribution in [0.25, 0.3) is 0 Å². The Morgan fingerprint density at radius 2 is 1.76 bits per heavy atom. The number of nitrogens with zero attached hydrogens (tertiary/aromatic N) is 1. The minimum absolute atomic E-state index is 0.0537. The fourth-order valence-electron chi connectivity index (χ4n) is 3.15. The number of carbonyl (C=O) groups excluding carboxylic acids is 1. The van der Waals surface area contributed by atoms with E-state index in [1.54, 1.807) is 6.07 Å². The first kappa shape index (κ1) is 18.3. The summed E-state index contributed by atoms with van der Waals surface area (Å²) in [4.78, 5) is 12.5. The lowest BCUT2D eigenvalue weighted by molar-refractivity contribution is -0.186. The summed E-state index contributed by atoms with van der Waals surface area (Å²) in [6, 6.07) is 5.52. The monoisotopic (exact) mass is 355 g/mol. The van der Waals surface area contributed by atoms with E-state index in [2.05, 4.69) is 0 Å². The first-order valence-corrected chi connectivity index (χ1v) is 8.25. The van der Waals surface area contributed by atoms with Crippen LogP contribution in [0.15, 0.2) is 18.2 Å². The number of hydrogen-bond donors (Lipinski definition) is 0. The summed E-state index contributed by atoms with van der Waals surface area (Å²) in [5.41, 5.74) is 1.21. The molecule has 0 saturated carbocycles. The predicted molar refractivity (Wildman–Crippen MR) is 87.3 cm³/mol. The van der Waals surface area contributed by atoms with E-state index in [4.69, 9.17) is 9.31 Å². The molecule has 1 aromatic rings. The van der Waals surface area contributed by atoms with Gasteiger partial charge in [-0.05, 0) is 50.7 Å². The Balaban J connectivity index is 1.92. The van der Waals surface area contributed by atoms with E-state index >= 15 is 0 Å². The molecule has 1 saturated heterocycles. The molecule has 0 spiro atoms. The molecule has 2 heterocycles. The van der Waals surface area contributed by atoms with Crippen LogP contribution in [0.3, 0.4) is 0 Å². The van der Waals surface area contributed by atoms with Crippen LogP contribution >= 0.6 is 0 Å². The van der Waals surface area contributed by atoms with Gasteiger partial charge in [-0.15, -0.1) is 0 Å². The molecule has 25 heavy (non-hydrogen) atoms. The summed E-state index contributed by atoms with van der Waals surface area (Å²) in [7, 11) is -0.666. The molecule has 0 radical (unpaired) electrons. The lowest BCUT2D eigenvalue weighted by atomic mass is 9.73. The third kappa shape index (κ3) is 3.17. The fourth-order valence-corrected chi connectivity index (χ4v) is 3.15. The second kappa shape index (κ2) is 5.74. The van der Waals surface area contributed by atoms with Gasteiger partial charge in [0.25, 0.3) is 0 Å². The Morgan fingerprint density at radius 3 is 2.32 bits per heavy atom. The molecule has 0 unspecified atom stereocenters. The lowest BCUT2D eigenvalue weighted by Gasteiger charge is -2.32. The van der Waals surface area contributed by atoms with Gasteiger partial charge in [-0.25, -0.2) is 0 Å². The zero-order valence-electron chi connectivity index (χ0n) is 14.7. The van der Waals surface area contributed by atoms with Gasteiger partial charge < -0.3 is 14.2 Å². The molecule has 0 bridgehead atoms. The van der Waals surface area contributed by atoms with Gasteiger partial charge in [0.2, 0.25) is 0 Å². The molecule has 4 nitrogen and oxygen atoms in total. The van der Waals surface area contributed by atoms with Crippen molar-refractivity contribution in [2.24, 2.45) is 0 Å². The number of benzene rings is 1. The van der Waals surface area contributed by atoms with Crippen LogP contribution < -0.4 is 5.46 Å². The highest BCUT2D eigenvalue weighted by Gasteiger charge is 2.52. The molecule has 0 atom stereocenters. The van der Waals surface area contributed by atoms with Crippen molar-refractivity contribution in [3.63, 3.8) is 0 Å². The third-order valence-electron chi connectivity index (χ3n) is 5.35. The van der Waals surface area contributed by atoms with Crippen LogP contribution in [-0.2, 0) is 27.1 Å². The molecule has 0 aromatic heterocycles. The van der Waals surface area contributed by atoms with E-state index < -0.39 is 30.4 Å². The molecular weight excluding hydrogens is 334 g/mol. The van der Waals surface area contributed by atoms with Crippen LogP contribution in [0, 0.1) is 0 Å². The molecule has 1 fully saturated rings. The van der Waals surface area contributed by atoms with Crippen molar-refractivity contribution in [3.05, 3.63) is 29.3 Å². The van der Waals surface area contributed by atoms with Crippen molar-refractivity contribution < 1.29 is 27.3 Å². The van der Waals surface area contributed by atoms with E-state index in [9.17, 15) is 18.0 Å². The van der Waals surface area contributed by atoms with E-state index in [1.165, 1.54) is 0 Å². The van der Waals surface area contributed by atoms with Crippen LogP contribution in [0.1, 0.15) is 38.8 Å². The maximum absolute atomic E-state index is 12.8. The highest BCUT2D eigenvalue weighted by molar-refractivity contribution is 6.62. The van der Waals surface area contributed by atoms with Gasteiger partial charge in [0.1, 0.15) is 0 Å². The molecule has 2 aliphatic rings. The second-order valence-corrected chi connectivity index (χ2v) is 7.55. The minimum Gasteiger partial charge on any atom is -0.399 e. The zero-order valence-corrected chi connectivity index (χ0v) is 14.7. The zero-order chi connectivity index (χ0) is 18.6. The summed E-state index contributed by atoms with van der Waals surface area (Å²) < 4.78 is 50.4. The van der Waals surface area contributed by atoms with Crippen molar-refractivity contribution in [1.29, 1.82) is 0 Å². The number of rotatable bonds is 1. The van der Waals surface area contributed by atoms with Crippen molar-refractivity contribution in [3.8, 4) is 0 Å². The van der Waals surface area contributed by atoms with Crippen LogP contribution in [0.5, 0.6) is 0 Å². The summed E-state index contributed by atoms with van der Waals surface area (Å²) >= 11 is 0. The normalized spacial score (nSPS) is 22.0. The first-order valence-electron chi connectivity index (χ1n) is 8.25. The van der Waals surface area contributed by atoms with Crippen LogP contribution in [0.2, 0.25) is 0 Å². The predicted octanol–water partition coefficient (Wildman–Crippen LogP) is 2.43. The van der Waals surface area contributed by atoms with Gasteiger partial charge >= 0.3 is 19.2 Å². The van der Waals surface area contributed by atoms with Crippen LogP contribution in [-0.4, -0.2) is 41.8 Å². The van der Waals surface area contributed by atoms with Gasteiger partial charge in [0.05, 0.1) is 11.2 Å². The number of hydrogen-bond acceptors (Lipinski definition) is 3. The molecule has 0 aliphatic carbocycles. The van der Waals surface area contributed by atoms with Crippen molar-refractivity contribution in [1.82, 2.24) is 4.90 Å². The fraction of sp³-hybridized carbons (Fsp3) is 0.588. The summed E-state index contributed by atoms with van der Waals surface area (Å²) in [6.45, 7) is 7.64. The largest absolute Gasteiger partial charge is 0.495 e.